The molecular formula is C19H19N3O4S2. The maximum atomic E-state index is 12.9. The van der Waals surface area contributed by atoms with Crippen molar-refractivity contribution in [3.63, 3.8) is 0 Å². The first-order chi connectivity index (χ1) is 13.0. The minimum atomic E-state index is -3.68. The van der Waals surface area contributed by atoms with Gasteiger partial charge in [0.1, 0.15) is 0 Å². The molecule has 1 N–H and O–H groups in total. The Labute approximate surface area is 164 Å². The maximum absolute atomic E-state index is 12.9. The second-order valence-corrected chi connectivity index (χ2v) is 10.8. The van der Waals surface area contributed by atoms with Gasteiger partial charge >= 0.3 is 0 Å². The van der Waals surface area contributed by atoms with Crippen molar-refractivity contribution < 1.29 is 16.8 Å². The molecule has 2 aromatic carbocycles. The van der Waals surface area contributed by atoms with Gasteiger partial charge in [-0.1, -0.05) is 18.2 Å². The minimum Gasteiger partial charge on any atom is -0.284 e. The fourth-order valence-electron chi connectivity index (χ4n) is 2.87. The number of anilines is 1. The van der Waals surface area contributed by atoms with E-state index in [1.54, 1.807) is 50.2 Å². The van der Waals surface area contributed by atoms with E-state index in [-0.39, 0.29) is 5.69 Å². The first kappa shape index (κ1) is 19.9. The van der Waals surface area contributed by atoms with E-state index in [0.29, 0.717) is 22.0 Å². The van der Waals surface area contributed by atoms with Gasteiger partial charge in [0.25, 0.3) is 0 Å². The zero-order valence-electron chi connectivity index (χ0n) is 15.5. The molecule has 3 aromatic rings. The molecule has 0 fully saturated rings. The molecule has 0 amide bonds. The normalized spacial score (nSPS) is 12.2. The van der Waals surface area contributed by atoms with E-state index in [0.717, 1.165) is 11.8 Å². The van der Waals surface area contributed by atoms with Crippen molar-refractivity contribution in [2.24, 2.45) is 0 Å². The van der Waals surface area contributed by atoms with Crippen molar-refractivity contribution >= 4 is 36.6 Å². The monoisotopic (exact) mass is 417 g/mol. The molecule has 0 aliphatic heterocycles. The first-order valence-electron chi connectivity index (χ1n) is 8.41. The van der Waals surface area contributed by atoms with Crippen LogP contribution in [0.25, 0.3) is 22.0 Å². The topological polar surface area (TPSA) is 109 Å². The highest BCUT2D eigenvalue weighted by Crippen LogP contribution is 2.34. The highest BCUT2D eigenvalue weighted by atomic mass is 32.2. The standard InChI is InChI=1S/C19H19N3O4S2/c1-13(2)28(25,26)22-12-18(15-6-4-14(11-20)5-7-15)17-9-8-16(10-19(17)22)21-27(3,23)24/h4-10,12-13,21H,1-3H3. The summed E-state index contributed by atoms with van der Waals surface area (Å²) in [5, 5.41) is 8.97. The quantitative estimate of drug-likeness (QED) is 0.686. The summed E-state index contributed by atoms with van der Waals surface area (Å²) in [5.74, 6) is 0. The molecule has 1 aromatic heterocycles. The van der Waals surface area contributed by atoms with Crippen molar-refractivity contribution in [1.29, 1.82) is 5.26 Å². The predicted molar refractivity (Wildman–Crippen MR) is 110 cm³/mol. The molecular weight excluding hydrogens is 398 g/mol. The van der Waals surface area contributed by atoms with Gasteiger partial charge in [-0.05, 0) is 43.7 Å². The molecule has 0 spiro atoms. The summed E-state index contributed by atoms with van der Waals surface area (Å²) in [4.78, 5) is 0. The number of fused-ring (bicyclic) bond motifs is 1. The number of hydrogen-bond donors (Lipinski definition) is 1. The lowest BCUT2D eigenvalue weighted by molar-refractivity contribution is 0.580. The summed E-state index contributed by atoms with van der Waals surface area (Å²) in [6.07, 6.45) is 2.56. The van der Waals surface area contributed by atoms with Crippen LogP contribution in [0.4, 0.5) is 5.69 Å². The predicted octanol–water partition coefficient (Wildman–Crippen LogP) is 3.14. The molecule has 0 aliphatic rings. The summed E-state index contributed by atoms with van der Waals surface area (Å²) in [6, 6.07) is 13.7. The third kappa shape index (κ3) is 3.74. The van der Waals surface area contributed by atoms with Gasteiger partial charge in [0.05, 0.1) is 34.3 Å². The lowest BCUT2D eigenvalue weighted by Crippen LogP contribution is -2.21. The van der Waals surface area contributed by atoms with E-state index in [4.69, 9.17) is 5.26 Å². The molecule has 0 radical (unpaired) electrons. The smallest absolute Gasteiger partial charge is 0.241 e. The van der Waals surface area contributed by atoms with E-state index < -0.39 is 25.3 Å². The second kappa shape index (κ2) is 6.96. The van der Waals surface area contributed by atoms with Crippen LogP contribution in [0.1, 0.15) is 19.4 Å². The highest BCUT2D eigenvalue weighted by molar-refractivity contribution is 7.92. The van der Waals surface area contributed by atoms with Gasteiger partial charge in [0.15, 0.2) is 0 Å². The second-order valence-electron chi connectivity index (χ2n) is 6.73. The van der Waals surface area contributed by atoms with E-state index in [9.17, 15) is 16.8 Å². The van der Waals surface area contributed by atoms with E-state index in [1.165, 1.54) is 16.2 Å². The largest absolute Gasteiger partial charge is 0.284 e. The van der Waals surface area contributed by atoms with Gasteiger partial charge in [0.2, 0.25) is 20.0 Å². The number of nitriles is 1. The zero-order chi connectivity index (χ0) is 20.7. The molecule has 1 heterocycles. The van der Waals surface area contributed by atoms with Crippen LogP contribution in [-0.4, -0.2) is 32.3 Å². The van der Waals surface area contributed by atoms with E-state index >= 15 is 0 Å². The summed E-state index contributed by atoms with van der Waals surface area (Å²) < 4.78 is 52.4. The third-order valence-electron chi connectivity index (χ3n) is 4.27. The summed E-state index contributed by atoms with van der Waals surface area (Å²) in [6.45, 7) is 3.17. The Balaban J connectivity index is 2.30. The third-order valence-corrected chi connectivity index (χ3v) is 6.92. The molecule has 146 valence electrons. The van der Waals surface area contributed by atoms with Crippen LogP contribution in [0, 0.1) is 11.3 Å². The molecule has 0 saturated carbocycles. The van der Waals surface area contributed by atoms with Crippen molar-refractivity contribution in [1.82, 2.24) is 3.97 Å². The van der Waals surface area contributed by atoms with Crippen LogP contribution < -0.4 is 4.72 Å². The van der Waals surface area contributed by atoms with Crippen LogP contribution in [0.3, 0.4) is 0 Å². The van der Waals surface area contributed by atoms with Gasteiger partial charge in [-0.2, -0.15) is 5.26 Å². The van der Waals surface area contributed by atoms with E-state index in [1.807, 2.05) is 0 Å². The van der Waals surface area contributed by atoms with Crippen molar-refractivity contribution in [3.8, 4) is 17.2 Å². The molecule has 0 unspecified atom stereocenters. The lowest BCUT2D eigenvalue weighted by atomic mass is 10.0. The van der Waals surface area contributed by atoms with Crippen LogP contribution in [0.5, 0.6) is 0 Å². The van der Waals surface area contributed by atoms with Gasteiger partial charge in [-0.25, -0.2) is 20.8 Å². The molecule has 28 heavy (non-hydrogen) atoms. The van der Waals surface area contributed by atoms with Crippen LogP contribution >= 0.6 is 0 Å². The molecule has 0 bridgehead atoms. The average Bonchev–Trinajstić information content (AvgIpc) is 2.99. The number of sulfonamides is 1. The fourth-order valence-corrected chi connectivity index (χ4v) is 4.55. The molecule has 0 aliphatic carbocycles. The zero-order valence-corrected chi connectivity index (χ0v) is 17.2. The minimum absolute atomic E-state index is 0.277. The number of aromatic nitrogens is 1. The molecule has 9 heteroatoms. The van der Waals surface area contributed by atoms with Crippen molar-refractivity contribution in [2.45, 2.75) is 19.1 Å². The number of nitrogens with one attached hydrogen (secondary N) is 1. The van der Waals surface area contributed by atoms with Crippen LogP contribution in [0.15, 0.2) is 48.7 Å². The summed E-state index contributed by atoms with van der Waals surface area (Å²) in [7, 11) is -7.18. The Bertz CT molecular complexity index is 1300. The Hall–Kier alpha value is -2.83. The Morgan fingerprint density at radius 2 is 1.68 bits per heavy atom. The number of benzene rings is 2. The number of nitrogens with zero attached hydrogens (tertiary/aromatic N) is 2. The van der Waals surface area contributed by atoms with Gasteiger partial charge in [-0.15, -0.1) is 0 Å². The Morgan fingerprint density at radius 1 is 1.04 bits per heavy atom. The molecule has 7 nitrogen and oxygen atoms in total. The van der Waals surface area contributed by atoms with Crippen molar-refractivity contribution in [2.75, 3.05) is 11.0 Å². The highest BCUT2D eigenvalue weighted by Gasteiger charge is 2.23. The number of rotatable bonds is 5. The fraction of sp³-hybridized carbons (Fsp3) is 0.211. The molecule has 0 atom stereocenters. The lowest BCUT2D eigenvalue weighted by Gasteiger charge is -2.11. The molecule has 3 rings (SSSR count). The van der Waals surface area contributed by atoms with Gasteiger partial charge in [0, 0.05) is 17.1 Å². The van der Waals surface area contributed by atoms with E-state index in [2.05, 4.69) is 10.8 Å². The average molecular weight is 418 g/mol. The van der Waals surface area contributed by atoms with Gasteiger partial charge < -0.3 is 0 Å². The number of hydrogen-bond acceptors (Lipinski definition) is 5. The summed E-state index contributed by atoms with van der Waals surface area (Å²) >= 11 is 0. The maximum Gasteiger partial charge on any atom is 0.241 e. The Morgan fingerprint density at radius 3 is 2.21 bits per heavy atom. The van der Waals surface area contributed by atoms with Crippen molar-refractivity contribution in [3.05, 3.63) is 54.2 Å². The SMILES string of the molecule is CC(C)S(=O)(=O)n1cc(-c2ccc(C#N)cc2)c2ccc(NS(C)(=O)=O)cc21. The molecule has 0 saturated heterocycles. The summed E-state index contributed by atoms with van der Waals surface area (Å²) in [5.41, 5.74) is 2.59. The van der Waals surface area contributed by atoms with Crippen LogP contribution in [-0.2, 0) is 20.0 Å². The van der Waals surface area contributed by atoms with Gasteiger partial charge in [-0.3, -0.25) is 4.72 Å². The Kier molecular flexibility index (Phi) is 4.95. The van der Waals surface area contributed by atoms with Crippen LogP contribution in [0.2, 0.25) is 0 Å². The first-order valence-corrected chi connectivity index (χ1v) is 11.8.